The van der Waals surface area contributed by atoms with Gasteiger partial charge in [0.1, 0.15) is 5.60 Å². The van der Waals surface area contributed by atoms with E-state index in [1.54, 1.807) is 40.7 Å². The molecule has 0 aromatic rings. The fourth-order valence-corrected chi connectivity index (χ4v) is 1.77. The first-order valence-electron chi connectivity index (χ1n) is 7.25. The third-order valence-electron chi connectivity index (χ3n) is 2.83. The first-order valence-corrected chi connectivity index (χ1v) is 7.25. The van der Waals surface area contributed by atoms with Crippen LogP contribution >= 0.6 is 0 Å². The Bertz CT molecular complexity index is 479. The van der Waals surface area contributed by atoms with Crippen molar-refractivity contribution in [2.24, 2.45) is 0 Å². The third kappa shape index (κ3) is 6.60. The van der Waals surface area contributed by atoms with Gasteiger partial charge in [0, 0.05) is 18.0 Å². The molecule has 0 bridgehead atoms. The molecule has 0 spiro atoms. The highest BCUT2D eigenvalue weighted by Gasteiger charge is 2.23. The monoisotopic (exact) mass is 312 g/mol. The summed E-state index contributed by atoms with van der Waals surface area (Å²) in [5.74, 6) is -0.674. The van der Waals surface area contributed by atoms with E-state index in [2.05, 4.69) is 10.6 Å². The number of cyclic esters (lactones) is 1. The van der Waals surface area contributed by atoms with E-state index >= 15 is 0 Å². The number of hydrogen-bond acceptors (Lipinski definition) is 5. The lowest BCUT2D eigenvalue weighted by atomic mass is 10.1. The van der Waals surface area contributed by atoms with E-state index in [-0.39, 0.29) is 18.4 Å². The molecule has 2 N–H and O–H groups in total. The maximum atomic E-state index is 11.8. The van der Waals surface area contributed by atoms with Crippen LogP contribution in [-0.4, -0.2) is 35.8 Å². The maximum Gasteiger partial charge on any atom is 0.407 e. The molecule has 1 unspecified atom stereocenters. The van der Waals surface area contributed by atoms with Crippen LogP contribution in [0.3, 0.4) is 0 Å². The van der Waals surface area contributed by atoms with Crippen molar-refractivity contribution in [3.8, 4) is 0 Å². The quantitative estimate of drug-likeness (QED) is 0.752. The normalized spacial score (nSPS) is 19.0. The van der Waals surface area contributed by atoms with Gasteiger partial charge in [0.05, 0.1) is 0 Å². The van der Waals surface area contributed by atoms with Gasteiger partial charge in [0.25, 0.3) is 0 Å². The molecule has 2 atom stereocenters. The molecular formula is C15H24N2O5. The van der Waals surface area contributed by atoms with Crippen LogP contribution in [0.1, 0.15) is 47.5 Å². The first kappa shape index (κ1) is 18.0. The Labute approximate surface area is 130 Å². The number of alkyl carbamates (subject to hydrolysis) is 1. The largest absolute Gasteiger partial charge is 0.444 e. The number of esters is 1. The molecule has 0 aromatic carbocycles. The molecule has 2 amide bonds. The summed E-state index contributed by atoms with van der Waals surface area (Å²) in [5.41, 5.74) is -0.0807. The highest BCUT2D eigenvalue weighted by molar-refractivity contribution is 5.90. The Kier molecular flexibility index (Phi) is 5.96. The van der Waals surface area contributed by atoms with Gasteiger partial charge in [-0.1, -0.05) is 0 Å². The molecule has 1 heterocycles. The van der Waals surface area contributed by atoms with Crippen molar-refractivity contribution in [2.45, 2.75) is 65.3 Å². The van der Waals surface area contributed by atoms with E-state index in [9.17, 15) is 14.4 Å². The number of ether oxygens (including phenoxy) is 2. The fraction of sp³-hybridized carbons (Fsp3) is 0.667. The van der Waals surface area contributed by atoms with E-state index in [0.717, 1.165) is 0 Å². The molecule has 7 nitrogen and oxygen atoms in total. The fourth-order valence-electron chi connectivity index (χ4n) is 1.77. The Balaban J connectivity index is 2.26. The number of rotatable bonds is 5. The lowest BCUT2D eigenvalue weighted by Gasteiger charge is -2.22. The van der Waals surface area contributed by atoms with Gasteiger partial charge in [-0.25, -0.2) is 9.59 Å². The number of hydrogen-bond donors (Lipinski definition) is 2. The SMILES string of the molecule is CC1=CC(NC(=O)CC[C@@H](C)NC(=O)OC(C)(C)C)OC1=O. The zero-order valence-electron chi connectivity index (χ0n) is 13.7. The van der Waals surface area contributed by atoms with Gasteiger partial charge in [-0.3, -0.25) is 4.79 Å². The van der Waals surface area contributed by atoms with Crippen LogP contribution in [0.5, 0.6) is 0 Å². The molecule has 0 saturated heterocycles. The maximum absolute atomic E-state index is 11.8. The number of amides is 2. The second-order valence-electron chi connectivity index (χ2n) is 6.33. The molecular weight excluding hydrogens is 288 g/mol. The average Bonchev–Trinajstić information content (AvgIpc) is 2.63. The topological polar surface area (TPSA) is 93.7 Å². The predicted molar refractivity (Wildman–Crippen MR) is 79.8 cm³/mol. The van der Waals surface area contributed by atoms with Crippen molar-refractivity contribution in [1.82, 2.24) is 10.6 Å². The van der Waals surface area contributed by atoms with Crippen molar-refractivity contribution in [1.29, 1.82) is 0 Å². The summed E-state index contributed by atoms with van der Waals surface area (Å²) < 4.78 is 10.0. The van der Waals surface area contributed by atoms with Gasteiger partial charge in [-0.2, -0.15) is 0 Å². The lowest BCUT2D eigenvalue weighted by molar-refractivity contribution is -0.142. The van der Waals surface area contributed by atoms with Gasteiger partial charge in [-0.05, 0) is 47.1 Å². The lowest BCUT2D eigenvalue weighted by Crippen LogP contribution is -2.39. The Morgan fingerprint density at radius 3 is 2.55 bits per heavy atom. The predicted octanol–water partition coefficient (Wildman–Crippen LogP) is 1.63. The number of carbonyl (C=O) groups is 3. The van der Waals surface area contributed by atoms with E-state index < -0.39 is 23.9 Å². The summed E-state index contributed by atoms with van der Waals surface area (Å²) >= 11 is 0. The number of nitrogens with one attached hydrogen (secondary N) is 2. The summed E-state index contributed by atoms with van der Waals surface area (Å²) in [6, 6.07) is -0.205. The Morgan fingerprint density at radius 2 is 2.05 bits per heavy atom. The van der Waals surface area contributed by atoms with E-state index in [1.807, 2.05) is 0 Å². The third-order valence-corrected chi connectivity index (χ3v) is 2.83. The van der Waals surface area contributed by atoms with Crippen LogP contribution < -0.4 is 10.6 Å². The molecule has 124 valence electrons. The van der Waals surface area contributed by atoms with Gasteiger partial charge >= 0.3 is 12.1 Å². The van der Waals surface area contributed by atoms with Gasteiger partial charge in [0.15, 0.2) is 6.23 Å². The van der Waals surface area contributed by atoms with Crippen LogP contribution in [0.4, 0.5) is 4.79 Å². The molecule has 22 heavy (non-hydrogen) atoms. The molecule has 0 fully saturated rings. The van der Waals surface area contributed by atoms with Crippen molar-refractivity contribution < 1.29 is 23.9 Å². The summed E-state index contributed by atoms with van der Waals surface area (Å²) in [4.78, 5) is 34.5. The zero-order chi connectivity index (χ0) is 16.9. The number of carbonyl (C=O) groups excluding carboxylic acids is 3. The molecule has 0 aromatic heterocycles. The second kappa shape index (κ2) is 7.29. The minimum atomic E-state index is -0.700. The van der Waals surface area contributed by atoms with Gasteiger partial charge < -0.3 is 20.1 Å². The molecule has 0 saturated carbocycles. The molecule has 7 heteroatoms. The van der Waals surface area contributed by atoms with Crippen LogP contribution in [0.2, 0.25) is 0 Å². The highest BCUT2D eigenvalue weighted by atomic mass is 16.6. The zero-order valence-corrected chi connectivity index (χ0v) is 13.7. The summed E-state index contributed by atoms with van der Waals surface area (Å²) in [7, 11) is 0. The molecule has 1 aliphatic heterocycles. The minimum Gasteiger partial charge on any atom is -0.444 e. The average molecular weight is 312 g/mol. The highest BCUT2D eigenvalue weighted by Crippen LogP contribution is 2.11. The van der Waals surface area contributed by atoms with E-state index in [4.69, 9.17) is 9.47 Å². The smallest absolute Gasteiger partial charge is 0.407 e. The van der Waals surface area contributed by atoms with Crippen LogP contribution in [0, 0.1) is 0 Å². The summed E-state index contributed by atoms with van der Waals surface area (Å²) in [6.07, 6.45) is 1.01. The second-order valence-corrected chi connectivity index (χ2v) is 6.33. The van der Waals surface area contributed by atoms with Gasteiger partial charge in [-0.15, -0.1) is 0 Å². The van der Waals surface area contributed by atoms with Crippen LogP contribution in [0.25, 0.3) is 0 Å². The van der Waals surface area contributed by atoms with Gasteiger partial charge in [0.2, 0.25) is 5.91 Å². The molecule has 0 aliphatic carbocycles. The van der Waals surface area contributed by atoms with E-state index in [0.29, 0.717) is 12.0 Å². The van der Waals surface area contributed by atoms with Crippen molar-refractivity contribution in [3.05, 3.63) is 11.6 Å². The molecule has 1 rings (SSSR count). The van der Waals surface area contributed by atoms with Crippen molar-refractivity contribution in [3.63, 3.8) is 0 Å². The van der Waals surface area contributed by atoms with Crippen molar-refractivity contribution >= 4 is 18.0 Å². The Hall–Kier alpha value is -2.05. The Morgan fingerprint density at radius 1 is 1.41 bits per heavy atom. The van der Waals surface area contributed by atoms with E-state index in [1.165, 1.54) is 0 Å². The standard InChI is InChI=1S/C15H24N2O5/c1-9-8-12(21-13(9)19)17-11(18)7-6-10(2)16-14(20)22-15(3,4)5/h8,10,12H,6-7H2,1-5H3,(H,16,20)(H,17,18)/t10-,12?/m1/s1. The molecule has 1 aliphatic rings. The van der Waals surface area contributed by atoms with Crippen LogP contribution in [-0.2, 0) is 19.1 Å². The van der Waals surface area contributed by atoms with Crippen molar-refractivity contribution in [2.75, 3.05) is 0 Å². The summed E-state index contributed by atoms with van der Waals surface area (Å²) in [5, 5.41) is 5.25. The first-order chi connectivity index (χ1) is 10.1. The van der Waals surface area contributed by atoms with Crippen LogP contribution in [0.15, 0.2) is 11.6 Å². The minimum absolute atomic E-state index is 0.205. The summed E-state index contributed by atoms with van der Waals surface area (Å²) in [6.45, 7) is 8.76. The molecule has 0 radical (unpaired) electrons.